The molecule has 0 saturated carbocycles. The van der Waals surface area contributed by atoms with Gasteiger partial charge < -0.3 is 0 Å². The maximum absolute atomic E-state index is 11.9. The third-order valence-electron chi connectivity index (χ3n) is 3.98. The van der Waals surface area contributed by atoms with Crippen LogP contribution in [0.15, 0.2) is 46.0 Å². The zero-order valence-corrected chi connectivity index (χ0v) is 12.9. The topological polar surface area (TPSA) is 47.2 Å². The molecule has 0 fully saturated rings. The molecule has 21 heavy (non-hydrogen) atoms. The minimum atomic E-state index is -0.293. The highest BCUT2D eigenvalue weighted by Gasteiger charge is 2.14. The van der Waals surface area contributed by atoms with Gasteiger partial charge in [-0.2, -0.15) is 0 Å². The van der Waals surface area contributed by atoms with Crippen molar-refractivity contribution in [2.75, 3.05) is 7.05 Å². The fourth-order valence-corrected chi connectivity index (χ4v) is 2.31. The molecule has 0 amide bonds. The van der Waals surface area contributed by atoms with Crippen molar-refractivity contribution in [2.45, 2.75) is 19.5 Å². The Morgan fingerprint density at radius 2 is 1.71 bits per heavy atom. The van der Waals surface area contributed by atoms with Crippen LogP contribution in [-0.4, -0.2) is 21.1 Å². The standard InChI is InChI=1S/C16H21N3O2/c1-12(13-8-6-5-7-9-13)17(2)11-14-10-15(20)19(4)16(21)18(14)3/h5-10,12H,11H2,1-4H3/t12-/m1/s1. The molecule has 1 aromatic carbocycles. The van der Waals surface area contributed by atoms with Crippen LogP contribution in [0.5, 0.6) is 0 Å². The van der Waals surface area contributed by atoms with Gasteiger partial charge in [0.1, 0.15) is 0 Å². The summed E-state index contributed by atoms with van der Waals surface area (Å²) < 4.78 is 2.64. The molecule has 5 heteroatoms. The molecule has 0 bridgehead atoms. The van der Waals surface area contributed by atoms with E-state index in [1.54, 1.807) is 7.05 Å². The van der Waals surface area contributed by atoms with E-state index in [2.05, 4.69) is 24.0 Å². The van der Waals surface area contributed by atoms with E-state index in [0.29, 0.717) is 12.2 Å². The first-order chi connectivity index (χ1) is 9.91. The maximum Gasteiger partial charge on any atom is 0.330 e. The zero-order valence-electron chi connectivity index (χ0n) is 12.9. The van der Waals surface area contributed by atoms with Gasteiger partial charge in [-0.3, -0.25) is 18.8 Å². The van der Waals surface area contributed by atoms with Crippen LogP contribution in [0.2, 0.25) is 0 Å². The molecule has 0 aliphatic carbocycles. The minimum absolute atomic E-state index is 0.199. The van der Waals surface area contributed by atoms with Crippen LogP contribution in [0.1, 0.15) is 24.2 Å². The molecule has 0 saturated heterocycles. The van der Waals surface area contributed by atoms with Crippen LogP contribution < -0.4 is 11.2 Å². The van der Waals surface area contributed by atoms with Gasteiger partial charge in [0.2, 0.25) is 0 Å². The van der Waals surface area contributed by atoms with Gasteiger partial charge in [-0.15, -0.1) is 0 Å². The van der Waals surface area contributed by atoms with Crippen LogP contribution in [0, 0.1) is 0 Å². The first-order valence-corrected chi connectivity index (χ1v) is 6.93. The van der Waals surface area contributed by atoms with Gasteiger partial charge in [-0.25, -0.2) is 4.79 Å². The Morgan fingerprint density at radius 3 is 2.33 bits per heavy atom. The van der Waals surface area contributed by atoms with Crippen molar-refractivity contribution in [3.05, 3.63) is 68.5 Å². The predicted octanol–water partition coefficient (Wildman–Crippen LogP) is 1.28. The highest BCUT2D eigenvalue weighted by atomic mass is 16.2. The summed E-state index contributed by atoms with van der Waals surface area (Å²) in [4.78, 5) is 25.8. The minimum Gasteiger partial charge on any atom is -0.299 e. The van der Waals surface area contributed by atoms with E-state index < -0.39 is 0 Å². The SMILES string of the molecule is C[C@H](c1ccccc1)N(C)Cc1cc(=O)n(C)c(=O)n1C. The van der Waals surface area contributed by atoms with E-state index in [9.17, 15) is 9.59 Å². The van der Waals surface area contributed by atoms with Gasteiger partial charge in [-0.1, -0.05) is 30.3 Å². The smallest absolute Gasteiger partial charge is 0.299 e. The van der Waals surface area contributed by atoms with Crippen molar-refractivity contribution in [1.29, 1.82) is 0 Å². The average Bonchev–Trinajstić information content (AvgIpc) is 2.50. The molecule has 0 radical (unpaired) electrons. The fourth-order valence-electron chi connectivity index (χ4n) is 2.31. The molecule has 0 N–H and O–H groups in total. The third-order valence-corrected chi connectivity index (χ3v) is 3.98. The lowest BCUT2D eigenvalue weighted by Gasteiger charge is -2.25. The summed E-state index contributed by atoms with van der Waals surface area (Å²) in [6.45, 7) is 2.65. The van der Waals surface area contributed by atoms with E-state index in [0.717, 1.165) is 4.57 Å². The Morgan fingerprint density at radius 1 is 1.10 bits per heavy atom. The quantitative estimate of drug-likeness (QED) is 0.851. The van der Waals surface area contributed by atoms with Crippen LogP contribution >= 0.6 is 0 Å². The lowest BCUT2D eigenvalue weighted by molar-refractivity contribution is 0.246. The Balaban J connectivity index is 2.27. The summed E-state index contributed by atoms with van der Waals surface area (Å²) in [5.41, 5.74) is 1.36. The molecule has 0 aliphatic rings. The third kappa shape index (κ3) is 3.13. The second kappa shape index (κ2) is 6.10. The van der Waals surface area contributed by atoms with Crippen molar-refractivity contribution >= 4 is 0 Å². The summed E-state index contributed by atoms with van der Waals surface area (Å²) in [6.07, 6.45) is 0. The Kier molecular flexibility index (Phi) is 4.43. The first-order valence-electron chi connectivity index (χ1n) is 6.93. The molecule has 1 aromatic heterocycles. The lowest BCUT2D eigenvalue weighted by atomic mass is 10.1. The molecular formula is C16H21N3O2. The highest BCUT2D eigenvalue weighted by molar-refractivity contribution is 5.18. The van der Waals surface area contributed by atoms with E-state index in [1.807, 2.05) is 25.2 Å². The summed E-state index contributed by atoms with van der Waals surface area (Å²) in [7, 11) is 5.17. The van der Waals surface area contributed by atoms with E-state index in [4.69, 9.17) is 0 Å². The van der Waals surface area contributed by atoms with E-state index in [-0.39, 0.29) is 17.3 Å². The number of hydrogen-bond donors (Lipinski definition) is 0. The van der Waals surface area contributed by atoms with Gasteiger partial charge >= 0.3 is 5.69 Å². The summed E-state index contributed by atoms with van der Waals surface area (Å²) in [5.74, 6) is 0. The van der Waals surface area contributed by atoms with Crippen molar-refractivity contribution < 1.29 is 0 Å². The highest BCUT2D eigenvalue weighted by Crippen LogP contribution is 2.19. The monoisotopic (exact) mass is 287 g/mol. The maximum atomic E-state index is 11.9. The summed E-state index contributed by atoms with van der Waals surface area (Å²) in [5, 5.41) is 0. The summed E-state index contributed by atoms with van der Waals surface area (Å²) in [6, 6.07) is 11.9. The van der Waals surface area contributed by atoms with Crippen LogP contribution in [0.4, 0.5) is 0 Å². The Labute approximate surface area is 124 Å². The Bertz CT molecular complexity index is 731. The van der Waals surface area contributed by atoms with Gasteiger partial charge in [-0.05, 0) is 19.5 Å². The largest absolute Gasteiger partial charge is 0.330 e. The van der Waals surface area contributed by atoms with Gasteiger partial charge in [0.05, 0.1) is 0 Å². The molecule has 0 aliphatic heterocycles. The predicted molar refractivity (Wildman–Crippen MR) is 83.2 cm³/mol. The second-order valence-electron chi connectivity index (χ2n) is 5.38. The van der Waals surface area contributed by atoms with Crippen molar-refractivity contribution in [2.24, 2.45) is 14.1 Å². The van der Waals surface area contributed by atoms with Gasteiger partial charge in [0.15, 0.2) is 0 Å². The van der Waals surface area contributed by atoms with Crippen LogP contribution in [0.3, 0.4) is 0 Å². The number of rotatable bonds is 4. The lowest BCUT2D eigenvalue weighted by Crippen LogP contribution is -2.39. The first kappa shape index (κ1) is 15.3. The van der Waals surface area contributed by atoms with Crippen LogP contribution in [0.25, 0.3) is 0 Å². The second-order valence-corrected chi connectivity index (χ2v) is 5.38. The van der Waals surface area contributed by atoms with E-state index >= 15 is 0 Å². The van der Waals surface area contributed by atoms with Crippen molar-refractivity contribution in [3.8, 4) is 0 Å². The fraction of sp³-hybridized carbons (Fsp3) is 0.375. The normalized spacial score (nSPS) is 12.6. The molecule has 2 rings (SSSR count). The molecule has 1 heterocycles. The zero-order chi connectivity index (χ0) is 15.6. The molecule has 0 spiro atoms. The number of benzene rings is 1. The van der Waals surface area contributed by atoms with E-state index in [1.165, 1.54) is 23.2 Å². The average molecular weight is 287 g/mol. The molecule has 1 atom stereocenters. The molecular weight excluding hydrogens is 266 g/mol. The molecule has 112 valence electrons. The number of aromatic nitrogens is 2. The van der Waals surface area contributed by atoms with Gasteiger partial charge in [0, 0.05) is 38.4 Å². The molecule has 2 aromatic rings. The number of nitrogens with zero attached hydrogens (tertiary/aromatic N) is 3. The van der Waals surface area contributed by atoms with Crippen molar-refractivity contribution in [1.82, 2.24) is 14.0 Å². The van der Waals surface area contributed by atoms with Gasteiger partial charge in [0.25, 0.3) is 5.56 Å². The summed E-state index contributed by atoms with van der Waals surface area (Å²) >= 11 is 0. The van der Waals surface area contributed by atoms with Crippen LogP contribution in [-0.2, 0) is 20.6 Å². The van der Waals surface area contributed by atoms with Crippen molar-refractivity contribution in [3.63, 3.8) is 0 Å². The Hall–Kier alpha value is -2.14. The molecule has 0 unspecified atom stereocenters. The number of hydrogen-bond acceptors (Lipinski definition) is 3. The molecule has 5 nitrogen and oxygen atoms in total.